The van der Waals surface area contributed by atoms with Gasteiger partial charge >= 0.3 is 6.09 Å². The van der Waals surface area contributed by atoms with Crippen LogP contribution in [0.25, 0.3) is 5.82 Å². The summed E-state index contributed by atoms with van der Waals surface area (Å²) in [6, 6.07) is 3.78. The first-order valence-electron chi connectivity index (χ1n) is 10.3. The van der Waals surface area contributed by atoms with Gasteiger partial charge in [0.25, 0.3) is 0 Å². The molecule has 0 radical (unpaired) electrons. The minimum absolute atomic E-state index is 0.0118. The van der Waals surface area contributed by atoms with Gasteiger partial charge in [-0.1, -0.05) is 0 Å². The van der Waals surface area contributed by atoms with Crippen LogP contribution in [0.1, 0.15) is 19.8 Å². The number of aromatic nitrogens is 5. The van der Waals surface area contributed by atoms with Crippen molar-refractivity contribution < 1.29 is 14.3 Å². The van der Waals surface area contributed by atoms with Crippen LogP contribution in [-0.4, -0.2) is 92.6 Å². The molecule has 30 heavy (non-hydrogen) atoms. The SMILES string of the molecule is CCOC(=O)N1CCN(C(=O)C2CCN(c3ccc(-n4cncn4)nn3)CC2)CC1. The predicted molar refractivity (Wildman–Crippen MR) is 107 cm³/mol. The lowest BCUT2D eigenvalue weighted by molar-refractivity contribution is -0.137. The fraction of sp³-hybridized carbons (Fsp3) is 0.579. The van der Waals surface area contributed by atoms with Crippen molar-refractivity contribution in [3.05, 3.63) is 24.8 Å². The maximum absolute atomic E-state index is 12.9. The third-order valence-electron chi connectivity index (χ3n) is 5.58. The van der Waals surface area contributed by atoms with Crippen LogP contribution >= 0.6 is 0 Å². The zero-order chi connectivity index (χ0) is 20.9. The summed E-state index contributed by atoms with van der Waals surface area (Å²) in [6.45, 7) is 5.85. The van der Waals surface area contributed by atoms with E-state index in [1.807, 2.05) is 17.0 Å². The summed E-state index contributed by atoms with van der Waals surface area (Å²) in [5.41, 5.74) is 0. The van der Waals surface area contributed by atoms with E-state index in [0.29, 0.717) is 38.6 Å². The molecule has 0 saturated carbocycles. The van der Waals surface area contributed by atoms with E-state index in [-0.39, 0.29) is 17.9 Å². The summed E-state index contributed by atoms with van der Waals surface area (Å²) < 4.78 is 6.59. The fourth-order valence-electron chi connectivity index (χ4n) is 3.87. The van der Waals surface area contributed by atoms with Gasteiger partial charge in [-0.3, -0.25) is 4.79 Å². The van der Waals surface area contributed by atoms with Crippen molar-refractivity contribution >= 4 is 17.8 Å². The summed E-state index contributed by atoms with van der Waals surface area (Å²) >= 11 is 0. The lowest BCUT2D eigenvalue weighted by atomic mass is 9.95. The average Bonchev–Trinajstić information content (AvgIpc) is 3.34. The van der Waals surface area contributed by atoms with Gasteiger partial charge in [-0.2, -0.15) is 5.10 Å². The van der Waals surface area contributed by atoms with Crippen LogP contribution in [0.4, 0.5) is 10.6 Å². The first-order chi connectivity index (χ1) is 14.7. The van der Waals surface area contributed by atoms with E-state index in [0.717, 1.165) is 31.7 Å². The Labute approximate surface area is 174 Å². The van der Waals surface area contributed by atoms with Crippen molar-refractivity contribution in [1.29, 1.82) is 0 Å². The lowest BCUT2D eigenvalue weighted by Crippen LogP contribution is -2.53. The molecule has 0 aliphatic carbocycles. The number of rotatable bonds is 4. The minimum Gasteiger partial charge on any atom is -0.450 e. The molecule has 2 aliphatic heterocycles. The van der Waals surface area contributed by atoms with Crippen molar-refractivity contribution in [3.63, 3.8) is 0 Å². The number of piperazine rings is 1. The van der Waals surface area contributed by atoms with Gasteiger partial charge in [0.15, 0.2) is 11.6 Å². The van der Waals surface area contributed by atoms with Crippen molar-refractivity contribution in [2.24, 2.45) is 5.92 Å². The largest absolute Gasteiger partial charge is 0.450 e. The Balaban J connectivity index is 1.26. The maximum atomic E-state index is 12.9. The fourth-order valence-corrected chi connectivity index (χ4v) is 3.87. The summed E-state index contributed by atoms with van der Waals surface area (Å²) in [6.07, 6.45) is 4.29. The van der Waals surface area contributed by atoms with E-state index in [1.54, 1.807) is 22.8 Å². The second kappa shape index (κ2) is 9.06. The van der Waals surface area contributed by atoms with Crippen LogP contribution in [0.5, 0.6) is 0 Å². The summed E-state index contributed by atoms with van der Waals surface area (Å²) in [5, 5.41) is 12.6. The number of anilines is 1. The lowest BCUT2D eigenvalue weighted by Gasteiger charge is -2.38. The van der Waals surface area contributed by atoms with E-state index in [1.165, 1.54) is 6.33 Å². The van der Waals surface area contributed by atoms with E-state index in [2.05, 4.69) is 25.2 Å². The molecule has 0 aromatic carbocycles. The molecule has 2 aromatic heterocycles. The molecular formula is C19H26N8O3. The Morgan fingerprint density at radius 1 is 1.00 bits per heavy atom. The molecule has 160 valence electrons. The zero-order valence-electron chi connectivity index (χ0n) is 17.1. The molecule has 0 N–H and O–H groups in total. The van der Waals surface area contributed by atoms with Crippen molar-refractivity contribution in [3.8, 4) is 5.82 Å². The molecule has 2 aromatic rings. The zero-order valence-corrected chi connectivity index (χ0v) is 17.1. The van der Waals surface area contributed by atoms with Gasteiger partial charge in [-0.05, 0) is 31.9 Å². The topological polar surface area (TPSA) is 110 Å². The van der Waals surface area contributed by atoms with Gasteiger partial charge in [0.1, 0.15) is 12.7 Å². The number of nitrogens with zero attached hydrogens (tertiary/aromatic N) is 8. The number of ether oxygens (including phenoxy) is 1. The van der Waals surface area contributed by atoms with Crippen LogP contribution in [0.3, 0.4) is 0 Å². The van der Waals surface area contributed by atoms with Crippen molar-refractivity contribution in [2.75, 3.05) is 50.8 Å². The molecule has 2 amide bonds. The molecule has 4 rings (SSSR count). The highest BCUT2D eigenvalue weighted by atomic mass is 16.6. The molecule has 2 aliphatic rings. The third kappa shape index (κ3) is 4.34. The number of piperidine rings is 1. The standard InChI is InChI=1S/C19H26N8O3/c1-2-30-19(29)26-11-9-25(10-12-26)18(28)15-5-7-24(8-6-15)16-3-4-17(23-22-16)27-14-20-13-21-27/h3-4,13-15H,2,5-12H2,1H3. The van der Waals surface area contributed by atoms with Gasteiger partial charge in [0, 0.05) is 45.2 Å². The van der Waals surface area contributed by atoms with Gasteiger partial charge in [0.05, 0.1) is 6.61 Å². The van der Waals surface area contributed by atoms with Crippen LogP contribution in [-0.2, 0) is 9.53 Å². The molecule has 0 atom stereocenters. The molecule has 11 nitrogen and oxygen atoms in total. The first-order valence-corrected chi connectivity index (χ1v) is 10.3. The van der Waals surface area contributed by atoms with Crippen molar-refractivity contribution in [1.82, 2.24) is 34.8 Å². The highest BCUT2D eigenvalue weighted by Gasteiger charge is 2.32. The molecule has 2 saturated heterocycles. The third-order valence-corrected chi connectivity index (χ3v) is 5.58. The Hall–Kier alpha value is -3.24. The number of hydrogen-bond acceptors (Lipinski definition) is 8. The van der Waals surface area contributed by atoms with Crippen LogP contribution in [0, 0.1) is 5.92 Å². The highest BCUT2D eigenvalue weighted by Crippen LogP contribution is 2.24. The molecule has 4 heterocycles. The second-order valence-electron chi connectivity index (χ2n) is 7.36. The summed E-state index contributed by atoms with van der Waals surface area (Å²) in [7, 11) is 0. The van der Waals surface area contributed by atoms with Gasteiger partial charge in [0.2, 0.25) is 5.91 Å². The van der Waals surface area contributed by atoms with Crippen LogP contribution in [0.15, 0.2) is 24.8 Å². The summed E-state index contributed by atoms with van der Waals surface area (Å²) in [5.74, 6) is 1.61. The quantitative estimate of drug-likeness (QED) is 0.714. The smallest absolute Gasteiger partial charge is 0.409 e. The molecule has 0 unspecified atom stereocenters. The molecule has 0 bridgehead atoms. The maximum Gasteiger partial charge on any atom is 0.409 e. The number of carbonyl (C=O) groups excluding carboxylic acids is 2. The Kier molecular flexibility index (Phi) is 6.05. The average molecular weight is 414 g/mol. The van der Waals surface area contributed by atoms with E-state index < -0.39 is 0 Å². The van der Waals surface area contributed by atoms with Crippen LogP contribution < -0.4 is 4.90 Å². The monoisotopic (exact) mass is 414 g/mol. The first kappa shape index (κ1) is 20.0. The Morgan fingerprint density at radius 2 is 1.67 bits per heavy atom. The Bertz CT molecular complexity index is 841. The summed E-state index contributed by atoms with van der Waals surface area (Å²) in [4.78, 5) is 34.3. The minimum atomic E-state index is -0.297. The van der Waals surface area contributed by atoms with E-state index >= 15 is 0 Å². The van der Waals surface area contributed by atoms with Gasteiger partial charge in [-0.25, -0.2) is 14.5 Å². The molecule has 0 spiro atoms. The molecular weight excluding hydrogens is 388 g/mol. The normalized spacial score (nSPS) is 17.8. The number of amides is 2. The second-order valence-corrected chi connectivity index (χ2v) is 7.36. The van der Waals surface area contributed by atoms with Gasteiger partial charge < -0.3 is 19.4 Å². The van der Waals surface area contributed by atoms with Gasteiger partial charge in [-0.15, -0.1) is 10.2 Å². The molecule has 2 fully saturated rings. The number of carbonyl (C=O) groups is 2. The predicted octanol–water partition coefficient (Wildman–Crippen LogP) is 0.574. The Morgan fingerprint density at radius 3 is 2.27 bits per heavy atom. The van der Waals surface area contributed by atoms with Crippen LogP contribution in [0.2, 0.25) is 0 Å². The highest BCUT2D eigenvalue weighted by molar-refractivity contribution is 5.79. The van der Waals surface area contributed by atoms with E-state index in [9.17, 15) is 9.59 Å². The van der Waals surface area contributed by atoms with E-state index in [4.69, 9.17) is 4.74 Å². The van der Waals surface area contributed by atoms with Crippen molar-refractivity contribution in [2.45, 2.75) is 19.8 Å². The number of hydrogen-bond donors (Lipinski definition) is 0. The molecule has 11 heteroatoms.